The van der Waals surface area contributed by atoms with Crippen LogP contribution in [0.15, 0.2) is 18.3 Å². The van der Waals surface area contributed by atoms with Crippen molar-refractivity contribution < 1.29 is 19.4 Å². The molecule has 1 amide bonds. The number of rotatable bonds is 6. The van der Waals surface area contributed by atoms with Crippen molar-refractivity contribution in [1.82, 2.24) is 15.5 Å². The second-order valence-corrected chi connectivity index (χ2v) is 6.76. The van der Waals surface area contributed by atoms with E-state index < -0.39 is 17.9 Å². The number of H-pyrrole nitrogens is 1. The van der Waals surface area contributed by atoms with Crippen molar-refractivity contribution in [3.8, 4) is 0 Å². The lowest BCUT2D eigenvalue weighted by molar-refractivity contribution is -0.140. The molecule has 0 saturated carbocycles. The molecule has 0 radical (unpaired) electrons. The van der Waals surface area contributed by atoms with E-state index in [2.05, 4.69) is 15.5 Å². The lowest BCUT2D eigenvalue weighted by Crippen LogP contribution is -2.42. The molecular formula is C17H23N3O4. The van der Waals surface area contributed by atoms with Crippen LogP contribution in [-0.2, 0) is 9.53 Å². The molecule has 2 aromatic rings. The Bertz CT molecular complexity index is 746. The number of hydrogen-bond acceptors (Lipinski definition) is 4. The largest absolute Gasteiger partial charge is 0.480 e. The number of fused-ring (bicyclic) bond motifs is 1. The van der Waals surface area contributed by atoms with E-state index in [9.17, 15) is 14.7 Å². The summed E-state index contributed by atoms with van der Waals surface area (Å²) in [5, 5.41) is 19.4. The molecule has 1 heterocycles. The average Bonchev–Trinajstić information content (AvgIpc) is 2.91. The number of amides is 1. The molecule has 1 aromatic heterocycles. The number of benzene rings is 1. The van der Waals surface area contributed by atoms with E-state index in [1.165, 1.54) is 0 Å². The Balaban J connectivity index is 2.12. The van der Waals surface area contributed by atoms with Crippen LogP contribution >= 0.6 is 0 Å². The maximum Gasteiger partial charge on any atom is 0.326 e. The van der Waals surface area contributed by atoms with Crippen LogP contribution < -0.4 is 5.32 Å². The number of nitrogens with zero attached hydrogens (tertiary/aromatic N) is 1. The van der Waals surface area contributed by atoms with Gasteiger partial charge in [0.15, 0.2) is 0 Å². The molecule has 0 aliphatic rings. The highest BCUT2D eigenvalue weighted by Gasteiger charge is 2.23. The quantitative estimate of drug-likeness (QED) is 0.752. The molecule has 3 N–H and O–H groups in total. The van der Waals surface area contributed by atoms with Crippen molar-refractivity contribution >= 4 is 22.8 Å². The summed E-state index contributed by atoms with van der Waals surface area (Å²) >= 11 is 0. The lowest BCUT2D eigenvalue weighted by atomic mass is 10.1. The molecule has 0 saturated heterocycles. The van der Waals surface area contributed by atoms with Gasteiger partial charge in [0.1, 0.15) is 6.04 Å². The van der Waals surface area contributed by atoms with Crippen molar-refractivity contribution in [2.24, 2.45) is 0 Å². The van der Waals surface area contributed by atoms with Crippen LogP contribution in [0.5, 0.6) is 0 Å². The van der Waals surface area contributed by atoms with Crippen molar-refractivity contribution in [1.29, 1.82) is 0 Å². The Morgan fingerprint density at radius 1 is 1.38 bits per heavy atom. The van der Waals surface area contributed by atoms with Gasteiger partial charge in [0, 0.05) is 18.4 Å². The van der Waals surface area contributed by atoms with Gasteiger partial charge in [-0.05, 0) is 45.4 Å². The summed E-state index contributed by atoms with van der Waals surface area (Å²) in [4.78, 5) is 23.9. The summed E-state index contributed by atoms with van der Waals surface area (Å²) in [5.74, 6) is -1.54. The summed E-state index contributed by atoms with van der Waals surface area (Å²) in [5.41, 5.74) is 1.52. The topological polar surface area (TPSA) is 104 Å². The monoisotopic (exact) mass is 333 g/mol. The van der Waals surface area contributed by atoms with Crippen LogP contribution in [0.4, 0.5) is 0 Å². The molecule has 24 heavy (non-hydrogen) atoms. The number of carboxylic acid groups (broad SMARTS) is 1. The molecule has 7 nitrogen and oxygen atoms in total. The van der Waals surface area contributed by atoms with E-state index in [4.69, 9.17) is 4.74 Å². The fraction of sp³-hybridized carbons (Fsp3) is 0.471. The lowest BCUT2D eigenvalue weighted by Gasteiger charge is -2.21. The molecule has 1 atom stereocenters. The SMILES string of the molecule is Cc1cc(C(=O)NC(CCOC(C)(C)C)C(=O)O)c2[nH]ncc2c1. The van der Waals surface area contributed by atoms with E-state index >= 15 is 0 Å². The minimum Gasteiger partial charge on any atom is -0.480 e. The molecule has 1 aromatic carbocycles. The van der Waals surface area contributed by atoms with Gasteiger partial charge in [-0.15, -0.1) is 0 Å². The predicted molar refractivity (Wildman–Crippen MR) is 90.0 cm³/mol. The number of aliphatic carboxylic acids is 1. The number of carboxylic acids is 1. The van der Waals surface area contributed by atoms with Crippen molar-refractivity contribution in [2.45, 2.75) is 45.8 Å². The number of aromatic amines is 1. The van der Waals surface area contributed by atoms with Gasteiger partial charge in [0.2, 0.25) is 0 Å². The van der Waals surface area contributed by atoms with Crippen LogP contribution in [-0.4, -0.2) is 45.4 Å². The molecule has 0 aliphatic heterocycles. The number of hydrogen-bond donors (Lipinski definition) is 3. The zero-order valence-electron chi connectivity index (χ0n) is 14.3. The number of carbonyl (C=O) groups is 2. The van der Waals surface area contributed by atoms with Crippen LogP contribution in [0.2, 0.25) is 0 Å². The maximum atomic E-state index is 12.5. The summed E-state index contributed by atoms with van der Waals surface area (Å²) < 4.78 is 5.54. The summed E-state index contributed by atoms with van der Waals surface area (Å²) in [6, 6.07) is 2.60. The van der Waals surface area contributed by atoms with Crippen LogP contribution in [0.1, 0.15) is 43.1 Å². The first-order valence-electron chi connectivity index (χ1n) is 7.79. The minimum atomic E-state index is -1.09. The van der Waals surface area contributed by atoms with Crippen molar-refractivity contribution in [3.63, 3.8) is 0 Å². The highest BCUT2D eigenvalue weighted by atomic mass is 16.5. The van der Waals surface area contributed by atoms with Crippen molar-refractivity contribution in [2.75, 3.05) is 6.61 Å². The standard InChI is InChI=1S/C17H23N3O4/c1-10-7-11-9-18-20-14(11)12(8-10)15(21)19-13(16(22)23)5-6-24-17(2,3)4/h7-9,13H,5-6H2,1-4H3,(H,18,20)(H,19,21)(H,22,23). The molecule has 0 bridgehead atoms. The fourth-order valence-electron chi connectivity index (χ4n) is 2.36. The first-order valence-corrected chi connectivity index (χ1v) is 7.79. The summed E-state index contributed by atoms with van der Waals surface area (Å²) in [6.45, 7) is 7.79. The molecular weight excluding hydrogens is 310 g/mol. The molecule has 0 fully saturated rings. The normalized spacial score (nSPS) is 13.0. The van der Waals surface area contributed by atoms with Gasteiger partial charge in [-0.25, -0.2) is 4.79 Å². The van der Waals surface area contributed by atoms with Gasteiger partial charge >= 0.3 is 5.97 Å². The first kappa shape index (κ1) is 17.9. The maximum absolute atomic E-state index is 12.5. The van der Waals surface area contributed by atoms with Gasteiger partial charge < -0.3 is 15.2 Å². The number of carbonyl (C=O) groups excluding carboxylic acids is 1. The van der Waals surface area contributed by atoms with Crippen LogP contribution in [0.25, 0.3) is 10.9 Å². The number of nitrogens with one attached hydrogen (secondary N) is 2. The number of aryl methyl sites for hydroxylation is 1. The van der Waals surface area contributed by atoms with E-state index in [-0.39, 0.29) is 18.6 Å². The zero-order chi connectivity index (χ0) is 17.9. The number of aromatic nitrogens is 2. The highest BCUT2D eigenvalue weighted by molar-refractivity contribution is 6.06. The first-order chi connectivity index (χ1) is 11.2. The van der Waals surface area contributed by atoms with E-state index in [0.717, 1.165) is 10.9 Å². The van der Waals surface area contributed by atoms with Crippen molar-refractivity contribution in [3.05, 3.63) is 29.5 Å². The third kappa shape index (κ3) is 4.55. The average molecular weight is 333 g/mol. The zero-order valence-corrected chi connectivity index (χ0v) is 14.3. The van der Waals surface area contributed by atoms with Gasteiger partial charge in [-0.3, -0.25) is 9.89 Å². The molecule has 2 rings (SSSR count). The molecule has 1 unspecified atom stereocenters. The van der Waals surface area contributed by atoms with E-state index in [1.807, 2.05) is 33.8 Å². The van der Waals surface area contributed by atoms with Crippen LogP contribution in [0, 0.1) is 6.92 Å². The van der Waals surface area contributed by atoms with Gasteiger partial charge in [0.25, 0.3) is 5.91 Å². The molecule has 7 heteroatoms. The highest BCUT2D eigenvalue weighted by Crippen LogP contribution is 2.19. The smallest absolute Gasteiger partial charge is 0.326 e. The molecule has 0 aliphatic carbocycles. The number of ether oxygens (including phenoxy) is 1. The third-order valence-electron chi connectivity index (χ3n) is 3.48. The molecule has 0 spiro atoms. The Hall–Kier alpha value is -2.41. The minimum absolute atomic E-state index is 0.191. The predicted octanol–water partition coefficient (Wildman–Crippen LogP) is 2.26. The second-order valence-electron chi connectivity index (χ2n) is 6.76. The summed E-state index contributed by atoms with van der Waals surface area (Å²) in [6.07, 6.45) is 1.82. The Labute approximate surface area is 140 Å². The second kappa shape index (κ2) is 7.00. The Morgan fingerprint density at radius 3 is 2.71 bits per heavy atom. The van der Waals surface area contributed by atoms with Gasteiger partial charge in [-0.1, -0.05) is 0 Å². The molecule has 130 valence electrons. The summed E-state index contributed by atoms with van der Waals surface area (Å²) in [7, 11) is 0. The van der Waals surface area contributed by atoms with Crippen LogP contribution in [0.3, 0.4) is 0 Å². The Kier molecular flexibility index (Phi) is 5.23. The third-order valence-corrected chi connectivity index (χ3v) is 3.48. The van der Waals surface area contributed by atoms with E-state index in [0.29, 0.717) is 11.1 Å². The van der Waals surface area contributed by atoms with Gasteiger partial charge in [-0.2, -0.15) is 5.10 Å². The Morgan fingerprint density at radius 2 is 2.08 bits per heavy atom. The van der Waals surface area contributed by atoms with Gasteiger partial charge in [0.05, 0.1) is 22.9 Å². The van der Waals surface area contributed by atoms with E-state index in [1.54, 1.807) is 12.3 Å². The fourth-order valence-corrected chi connectivity index (χ4v) is 2.36.